The van der Waals surface area contributed by atoms with Gasteiger partial charge in [0.2, 0.25) is 0 Å². The summed E-state index contributed by atoms with van der Waals surface area (Å²) >= 11 is 0. The number of nitrogens with zero attached hydrogens (tertiary/aromatic N) is 2. The van der Waals surface area contributed by atoms with Crippen LogP contribution in [-0.4, -0.2) is 46.0 Å². The van der Waals surface area contributed by atoms with Crippen molar-refractivity contribution in [2.45, 2.75) is 19.4 Å². The van der Waals surface area contributed by atoms with Crippen LogP contribution in [0.15, 0.2) is 24.5 Å². The number of nitrogens with one attached hydrogen (secondary N) is 3. The molecule has 0 aliphatic carbocycles. The molecule has 1 saturated heterocycles. The molecule has 1 aliphatic rings. The average molecular weight is 259 g/mol. The van der Waals surface area contributed by atoms with Crippen molar-refractivity contribution in [3.8, 4) is 11.4 Å². The monoisotopic (exact) mass is 259 g/mol. The molecule has 2 aromatic heterocycles. The van der Waals surface area contributed by atoms with Gasteiger partial charge in [0, 0.05) is 32.4 Å². The van der Waals surface area contributed by atoms with Crippen molar-refractivity contribution in [3.63, 3.8) is 0 Å². The molecule has 19 heavy (non-hydrogen) atoms. The molecule has 102 valence electrons. The molecule has 1 fully saturated rings. The summed E-state index contributed by atoms with van der Waals surface area (Å²) in [7, 11) is 0. The van der Waals surface area contributed by atoms with E-state index >= 15 is 0 Å². The largest absolute Gasteiger partial charge is 0.360 e. The Kier molecular flexibility index (Phi) is 3.16. The summed E-state index contributed by atoms with van der Waals surface area (Å²) in [6, 6.07) is 4.05. The molecule has 0 spiro atoms. The molecular formula is C14H21N5. The highest BCUT2D eigenvalue weighted by atomic mass is 15.3. The molecule has 0 atom stereocenters. The van der Waals surface area contributed by atoms with Gasteiger partial charge in [0.15, 0.2) is 0 Å². The number of aromatic nitrogens is 3. The fraction of sp³-hybridized carbons (Fsp3) is 0.500. The van der Waals surface area contributed by atoms with Crippen molar-refractivity contribution in [1.82, 2.24) is 25.2 Å². The van der Waals surface area contributed by atoms with E-state index in [4.69, 9.17) is 0 Å². The van der Waals surface area contributed by atoms with Gasteiger partial charge in [0.25, 0.3) is 0 Å². The number of H-pyrrole nitrogens is 2. The molecule has 5 heteroatoms. The Morgan fingerprint density at radius 1 is 1.21 bits per heavy atom. The molecule has 0 unspecified atom stereocenters. The van der Waals surface area contributed by atoms with Crippen molar-refractivity contribution in [1.29, 1.82) is 0 Å². The fourth-order valence-corrected chi connectivity index (χ4v) is 2.64. The van der Waals surface area contributed by atoms with Crippen molar-refractivity contribution in [3.05, 3.63) is 30.4 Å². The first-order chi connectivity index (χ1) is 9.18. The Morgan fingerprint density at radius 3 is 2.68 bits per heavy atom. The summed E-state index contributed by atoms with van der Waals surface area (Å²) in [6.07, 6.45) is 3.84. The lowest BCUT2D eigenvalue weighted by atomic mass is 10.0. The van der Waals surface area contributed by atoms with Crippen LogP contribution in [0.5, 0.6) is 0 Å². The fourth-order valence-electron chi connectivity index (χ4n) is 2.64. The number of hydrogen-bond acceptors (Lipinski definition) is 3. The second kappa shape index (κ2) is 4.83. The minimum Gasteiger partial charge on any atom is -0.360 e. The van der Waals surface area contributed by atoms with Gasteiger partial charge in [-0.05, 0) is 26.0 Å². The first-order valence-corrected chi connectivity index (χ1v) is 6.83. The van der Waals surface area contributed by atoms with Gasteiger partial charge in [-0.15, -0.1) is 0 Å². The zero-order chi connectivity index (χ0) is 13.3. The Hall–Kier alpha value is -1.59. The molecule has 2 aromatic rings. The van der Waals surface area contributed by atoms with Crippen LogP contribution >= 0.6 is 0 Å². The van der Waals surface area contributed by atoms with Gasteiger partial charge in [-0.2, -0.15) is 0 Å². The molecular weight excluding hydrogens is 238 g/mol. The lowest BCUT2D eigenvalue weighted by Gasteiger charge is -2.39. The van der Waals surface area contributed by atoms with E-state index in [1.165, 1.54) is 0 Å². The van der Waals surface area contributed by atoms with Crippen LogP contribution < -0.4 is 5.32 Å². The highest BCUT2D eigenvalue weighted by Gasteiger charge is 2.32. The quantitative estimate of drug-likeness (QED) is 0.783. The lowest BCUT2D eigenvalue weighted by molar-refractivity contribution is 0.0956. The third-order valence-corrected chi connectivity index (χ3v) is 3.95. The summed E-state index contributed by atoms with van der Waals surface area (Å²) in [4.78, 5) is 13.7. The third-order valence-electron chi connectivity index (χ3n) is 3.95. The molecule has 1 aliphatic heterocycles. The van der Waals surface area contributed by atoms with Gasteiger partial charge in [0.1, 0.15) is 5.82 Å². The van der Waals surface area contributed by atoms with Gasteiger partial charge in [-0.1, -0.05) is 0 Å². The minimum atomic E-state index is -0.0626. The predicted octanol–water partition coefficient (Wildman–Crippen LogP) is 1.55. The standard InChI is InChI=1S/C14H21N5/c1-14(2,19-8-6-15-7-9-19)13-17-10-12(18-13)11-4-3-5-16-11/h3-5,10,15-16H,6-9H2,1-2H3,(H,17,18). The molecule has 0 bridgehead atoms. The number of aromatic amines is 2. The Bertz CT molecular complexity index is 520. The highest BCUT2D eigenvalue weighted by Crippen LogP contribution is 2.27. The van der Waals surface area contributed by atoms with Crippen LogP contribution in [0.4, 0.5) is 0 Å². The summed E-state index contributed by atoms with van der Waals surface area (Å²) in [5.74, 6) is 1.03. The van der Waals surface area contributed by atoms with E-state index in [0.717, 1.165) is 43.4 Å². The van der Waals surface area contributed by atoms with E-state index in [2.05, 4.69) is 45.1 Å². The summed E-state index contributed by atoms with van der Waals surface area (Å²) < 4.78 is 0. The molecule has 3 rings (SSSR count). The van der Waals surface area contributed by atoms with Crippen molar-refractivity contribution in [2.75, 3.05) is 26.2 Å². The zero-order valence-electron chi connectivity index (χ0n) is 11.5. The van der Waals surface area contributed by atoms with Crippen molar-refractivity contribution < 1.29 is 0 Å². The maximum Gasteiger partial charge on any atom is 0.126 e. The highest BCUT2D eigenvalue weighted by molar-refractivity contribution is 5.53. The van der Waals surface area contributed by atoms with Gasteiger partial charge >= 0.3 is 0 Å². The molecule has 0 aromatic carbocycles. The van der Waals surface area contributed by atoms with Gasteiger partial charge < -0.3 is 15.3 Å². The Labute approximate surface area is 113 Å². The van der Waals surface area contributed by atoms with E-state index < -0.39 is 0 Å². The molecule has 0 amide bonds. The van der Waals surface area contributed by atoms with E-state index in [1.807, 2.05) is 18.5 Å². The number of imidazole rings is 1. The Balaban J connectivity index is 1.84. The van der Waals surface area contributed by atoms with Gasteiger partial charge in [0.05, 0.1) is 23.1 Å². The average Bonchev–Trinajstić information content (AvgIpc) is 3.10. The Morgan fingerprint density at radius 2 is 2.00 bits per heavy atom. The molecule has 3 N–H and O–H groups in total. The van der Waals surface area contributed by atoms with Crippen LogP contribution in [0.25, 0.3) is 11.4 Å². The summed E-state index contributed by atoms with van der Waals surface area (Å²) in [6.45, 7) is 8.68. The summed E-state index contributed by atoms with van der Waals surface area (Å²) in [5.41, 5.74) is 2.06. The topological polar surface area (TPSA) is 59.7 Å². The third kappa shape index (κ3) is 2.31. The smallest absolute Gasteiger partial charge is 0.126 e. The number of hydrogen-bond donors (Lipinski definition) is 3. The molecule has 5 nitrogen and oxygen atoms in total. The van der Waals surface area contributed by atoms with Crippen molar-refractivity contribution >= 4 is 0 Å². The lowest BCUT2D eigenvalue weighted by Crippen LogP contribution is -2.52. The normalized spacial score (nSPS) is 17.8. The van der Waals surface area contributed by atoms with Crippen LogP contribution in [-0.2, 0) is 5.54 Å². The van der Waals surface area contributed by atoms with Crippen molar-refractivity contribution in [2.24, 2.45) is 0 Å². The number of rotatable bonds is 3. The molecule has 0 radical (unpaired) electrons. The first-order valence-electron chi connectivity index (χ1n) is 6.83. The predicted molar refractivity (Wildman–Crippen MR) is 75.8 cm³/mol. The maximum atomic E-state index is 4.58. The van der Waals surface area contributed by atoms with Crippen LogP contribution in [0.2, 0.25) is 0 Å². The zero-order valence-corrected chi connectivity index (χ0v) is 11.5. The van der Waals surface area contributed by atoms with Crippen LogP contribution in [0.1, 0.15) is 19.7 Å². The number of piperazine rings is 1. The van der Waals surface area contributed by atoms with Gasteiger partial charge in [-0.25, -0.2) is 4.98 Å². The SMILES string of the molecule is CC(C)(c1ncc(-c2ccc[nH]2)[nH]1)N1CCNCC1. The van der Waals surface area contributed by atoms with E-state index in [-0.39, 0.29) is 5.54 Å². The van der Waals surface area contributed by atoms with E-state index in [9.17, 15) is 0 Å². The van der Waals surface area contributed by atoms with Crippen LogP contribution in [0.3, 0.4) is 0 Å². The minimum absolute atomic E-state index is 0.0626. The van der Waals surface area contributed by atoms with Crippen LogP contribution in [0, 0.1) is 0 Å². The molecule has 0 saturated carbocycles. The van der Waals surface area contributed by atoms with Gasteiger partial charge in [-0.3, -0.25) is 4.90 Å². The second-order valence-electron chi connectivity index (χ2n) is 5.53. The molecule has 3 heterocycles. The van der Waals surface area contributed by atoms with E-state index in [0.29, 0.717) is 0 Å². The maximum absolute atomic E-state index is 4.58. The summed E-state index contributed by atoms with van der Waals surface area (Å²) in [5, 5.41) is 3.39. The van der Waals surface area contributed by atoms with E-state index in [1.54, 1.807) is 0 Å². The first kappa shape index (κ1) is 12.4. The second-order valence-corrected chi connectivity index (χ2v) is 5.53.